The molecule has 0 saturated carbocycles. The van der Waals surface area contributed by atoms with Crippen molar-refractivity contribution in [3.05, 3.63) is 54.1 Å². The van der Waals surface area contributed by atoms with Crippen molar-refractivity contribution in [2.75, 3.05) is 5.32 Å². The Balaban J connectivity index is 1.87. The molecule has 3 aromatic rings. The van der Waals surface area contributed by atoms with E-state index in [9.17, 15) is 13.2 Å². The minimum absolute atomic E-state index is 0.154. The topological polar surface area (TPSA) is 55.1 Å². The van der Waals surface area contributed by atoms with Crippen molar-refractivity contribution in [2.24, 2.45) is 0 Å². The lowest BCUT2D eigenvalue weighted by Crippen LogP contribution is -2.13. The Morgan fingerprint density at radius 1 is 1.05 bits per heavy atom. The van der Waals surface area contributed by atoms with E-state index < -0.39 is 11.7 Å². The van der Waals surface area contributed by atoms with Gasteiger partial charge in [0.1, 0.15) is 5.82 Å². The summed E-state index contributed by atoms with van der Waals surface area (Å²) in [4.78, 5) is 7.84. The molecule has 0 saturated heterocycles. The fraction of sp³-hybridized carbons (Fsp3) is 0.154. The van der Waals surface area contributed by atoms with Gasteiger partial charge in [-0.2, -0.15) is 18.3 Å². The smallest absolute Gasteiger partial charge is 0.364 e. The van der Waals surface area contributed by atoms with Crippen LogP contribution in [0.15, 0.2) is 42.9 Å². The summed E-state index contributed by atoms with van der Waals surface area (Å²) in [5, 5.41) is 6.77. The quantitative estimate of drug-likeness (QED) is 0.806. The Morgan fingerprint density at radius 3 is 2.71 bits per heavy atom. The lowest BCUT2D eigenvalue weighted by Gasteiger charge is -2.13. The molecule has 3 aromatic heterocycles. The standard InChI is InChI=1S/C13H10F3N5/c14-13(15,16)10-2-1-5-18-12(10)19-8-9-3-6-17-11-4-7-20-21(9)11/h1-7H,8H2,(H,18,19). The monoisotopic (exact) mass is 293 g/mol. The minimum atomic E-state index is -4.45. The third-order valence-corrected chi connectivity index (χ3v) is 2.92. The molecular formula is C13H10F3N5. The van der Waals surface area contributed by atoms with Crippen molar-refractivity contribution in [1.82, 2.24) is 19.6 Å². The van der Waals surface area contributed by atoms with Crippen LogP contribution in [0.25, 0.3) is 5.65 Å². The molecule has 0 aromatic carbocycles. The highest BCUT2D eigenvalue weighted by Crippen LogP contribution is 2.33. The van der Waals surface area contributed by atoms with Crippen LogP contribution in [0.3, 0.4) is 0 Å². The Labute approximate surface area is 117 Å². The molecule has 21 heavy (non-hydrogen) atoms. The predicted octanol–water partition coefficient (Wildman–Crippen LogP) is 2.76. The first kappa shape index (κ1) is 13.3. The third kappa shape index (κ3) is 2.64. The molecule has 3 rings (SSSR count). The number of alkyl halides is 3. The molecule has 8 heteroatoms. The molecule has 0 bridgehead atoms. The first-order valence-electron chi connectivity index (χ1n) is 6.09. The number of aromatic nitrogens is 4. The van der Waals surface area contributed by atoms with Gasteiger partial charge in [-0.3, -0.25) is 0 Å². The number of hydrogen-bond donors (Lipinski definition) is 1. The summed E-state index contributed by atoms with van der Waals surface area (Å²) in [5.74, 6) is -0.206. The number of anilines is 1. The first-order chi connectivity index (χ1) is 10.1. The van der Waals surface area contributed by atoms with E-state index in [2.05, 4.69) is 20.4 Å². The molecule has 0 aliphatic carbocycles. The second-order valence-corrected chi connectivity index (χ2v) is 4.29. The van der Waals surface area contributed by atoms with Gasteiger partial charge in [0.25, 0.3) is 0 Å². The van der Waals surface area contributed by atoms with Crippen LogP contribution in [-0.2, 0) is 12.7 Å². The normalized spacial score (nSPS) is 11.8. The van der Waals surface area contributed by atoms with E-state index in [4.69, 9.17) is 0 Å². The van der Waals surface area contributed by atoms with Gasteiger partial charge in [0, 0.05) is 18.5 Å². The maximum absolute atomic E-state index is 12.9. The molecule has 0 unspecified atom stereocenters. The summed E-state index contributed by atoms with van der Waals surface area (Å²) in [6.45, 7) is 0.154. The molecular weight excluding hydrogens is 283 g/mol. The van der Waals surface area contributed by atoms with Gasteiger partial charge < -0.3 is 5.32 Å². The fourth-order valence-electron chi connectivity index (χ4n) is 1.97. The molecule has 1 N–H and O–H groups in total. The lowest BCUT2D eigenvalue weighted by atomic mass is 10.2. The van der Waals surface area contributed by atoms with Crippen molar-refractivity contribution < 1.29 is 13.2 Å². The van der Waals surface area contributed by atoms with E-state index in [1.807, 2.05) is 0 Å². The highest BCUT2D eigenvalue weighted by Gasteiger charge is 2.34. The summed E-state index contributed by atoms with van der Waals surface area (Å²) < 4.78 is 40.2. The number of fused-ring (bicyclic) bond motifs is 1. The SMILES string of the molecule is FC(F)(F)c1cccnc1NCc1ccnc2ccnn12. The molecule has 5 nitrogen and oxygen atoms in total. The van der Waals surface area contributed by atoms with E-state index in [0.29, 0.717) is 11.3 Å². The van der Waals surface area contributed by atoms with Crippen molar-refractivity contribution in [3.8, 4) is 0 Å². The van der Waals surface area contributed by atoms with Crippen LogP contribution in [0.1, 0.15) is 11.3 Å². The van der Waals surface area contributed by atoms with Crippen LogP contribution >= 0.6 is 0 Å². The second-order valence-electron chi connectivity index (χ2n) is 4.29. The minimum Gasteiger partial charge on any atom is -0.364 e. The fourth-order valence-corrected chi connectivity index (χ4v) is 1.97. The average molecular weight is 293 g/mol. The molecule has 0 spiro atoms. The molecule has 108 valence electrons. The number of pyridine rings is 1. The van der Waals surface area contributed by atoms with Crippen LogP contribution in [0.2, 0.25) is 0 Å². The first-order valence-corrected chi connectivity index (χ1v) is 6.09. The summed E-state index contributed by atoms with van der Waals surface area (Å²) >= 11 is 0. The summed E-state index contributed by atoms with van der Waals surface area (Å²) in [5.41, 5.74) is 0.519. The number of halogens is 3. The van der Waals surface area contributed by atoms with Crippen LogP contribution in [-0.4, -0.2) is 19.6 Å². The Morgan fingerprint density at radius 2 is 1.90 bits per heavy atom. The highest BCUT2D eigenvalue weighted by atomic mass is 19.4. The molecule has 0 aliphatic heterocycles. The zero-order valence-electron chi connectivity index (χ0n) is 10.7. The van der Waals surface area contributed by atoms with Crippen molar-refractivity contribution in [1.29, 1.82) is 0 Å². The Kier molecular flexibility index (Phi) is 3.20. The van der Waals surface area contributed by atoms with Crippen LogP contribution in [0.5, 0.6) is 0 Å². The van der Waals surface area contributed by atoms with Gasteiger partial charge >= 0.3 is 6.18 Å². The molecule has 0 amide bonds. The van der Waals surface area contributed by atoms with E-state index in [-0.39, 0.29) is 12.4 Å². The zero-order chi connectivity index (χ0) is 14.9. The second kappa shape index (κ2) is 5.04. The summed E-state index contributed by atoms with van der Waals surface area (Å²) in [6.07, 6.45) is 0.0222. The van der Waals surface area contributed by atoms with Gasteiger partial charge in [0.15, 0.2) is 5.65 Å². The lowest BCUT2D eigenvalue weighted by molar-refractivity contribution is -0.137. The Bertz CT molecular complexity index is 766. The maximum atomic E-state index is 12.9. The molecule has 0 fully saturated rings. The maximum Gasteiger partial charge on any atom is 0.419 e. The van der Waals surface area contributed by atoms with Crippen molar-refractivity contribution >= 4 is 11.5 Å². The molecule has 3 heterocycles. The van der Waals surface area contributed by atoms with E-state index in [1.165, 1.54) is 12.3 Å². The number of rotatable bonds is 3. The number of hydrogen-bond acceptors (Lipinski definition) is 4. The Hall–Kier alpha value is -2.64. The van der Waals surface area contributed by atoms with Crippen LogP contribution in [0, 0.1) is 0 Å². The van der Waals surface area contributed by atoms with Crippen LogP contribution in [0.4, 0.5) is 19.0 Å². The average Bonchev–Trinajstić information content (AvgIpc) is 2.93. The number of nitrogens with zero attached hydrogens (tertiary/aromatic N) is 4. The van der Waals surface area contributed by atoms with E-state index in [0.717, 1.165) is 6.07 Å². The van der Waals surface area contributed by atoms with Gasteiger partial charge in [0.2, 0.25) is 0 Å². The van der Waals surface area contributed by atoms with Crippen molar-refractivity contribution in [2.45, 2.75) is 12.7 Å². The molecule has 0 atom stereocenters. The third-order valence-electron chi connectivity index (χ3n) is 2.92. The van der Waals surface area contributed by atoms with Gasteiger partial charge in [-0.1, -0.05) is 0 Å². The van der Waals surface area contributed by atoms with Gasteiger partial charge in [-0.25, -0.2) is 14.5 Å². The van der Waals surface area contributed by atoms with Crippen molar-refractivity contribution in [3.63, 3.8) is 0 Å². The van der Waals surface area contributed by atoms with Crippen LogP contribution < -0.4 is 5.32 Å². The van der Waals surface area contributed by atoms with Gasteiger partial charge in [-0.15, -0.1) is 0 Å². The largest absolute Gasteiger partial charge is 0.419 e. The van der Waals surface area contributed by atoms with Gasteiger partial charge in [0.05, 0.1) is 24.0 Å². The van der Waals surface area contributed by atoms with E-state index in [1.54, 1.807) is 29.0 Å². The van der Waals surface area contributed by atoms with Gasteiger partial charge in [-0.05, 0) is 18.2 Å². The van der Waals surface area contributed by atoms with E-state index >= 15 is 0 Å². The molecule has 0 aliphatic rings. The zero-order valence-corrected chi connectivity index (χ0v) is 10.7. The summed E-state index contributed by atoms with van der Waals surface area (Å²) in [7, 11) is 0. The summed E-state index contributed by atoms with van der Waals surface area (Å²) in [6, 6.07) is 5.64. The highest BCUT2D eigenvalue weighted by molar-refractivity contribution is 5.46. The molecule has 0 radical (unpaired) electrons. The predicted molar refractivity (Wildman–Crippen MR) is 69.6 cm³/mol. The number of nitrogens with one attached hydrogen (secondary N) is 1.